The van der Waals surface area contributed by atoms with E-state index < -0.39 is 0 Å². The molecule has 0 aromatic carbocycles. The molecule has 4 heteroatoms. The fourth-order valence-electron chi connectivity index (χ4n) is 1.89. The van der Waals surface area contributed by atoms with Crippen molar-refractivity contribution in [2.24, 2.45) is 5.92 Å². The van der Waals surface area contributed by atoms with Gasteiger partial charge in [0.25, 0.3) is 0 Å². The fraction of sp³-hybridized carbons (Fsp3) is 0.417. The molecule has 0 radical (unpaired) electrons. The van der Waals surface area contributed by atoms with E-state index in [9.17, 15) is 0 Å². The third kappa shape index (κ3) is 2.34. The second-order valence-corrected chi connectivity index (χ2v) is 5.90. The molecule has 1 aliphatic carbocycles. The first kappa shape index (κ1) is 10.4. The van der Waals surface area contributed by atoms with Gasteiger partial charge in [-0.15, -0.1) is 11.3 Å². The maximum Gasteiger partial charge on any atom is 0.110 e. The summed E-state index contributed by atoms with van der Waals surface area (Å²) >= 11 is 3.53. The van der Waals surface area contributed by atoms with Crippen molar-refractivity contribution in [3.8, 4) is 0 Å². The zero-order valence-electron chi connectivity index (χ0n) is 8.93. The van der Waals surface area contributed by atoms with E-state index in [1.807, 2.05) is 6.20 Å². The minimum atomic E-state index is 0.472. The molecule has 16 heavy (non-hydrogen) atoms. The van der Waals surface area contributed by atoms with Crippen molar-refractivity contribution in [2.45, 2.75) is 25.4 Å². The normalized spacial score (nSPS) is 17.5. The number of rotatable bonds is 5. The van der Waals surface area contributed by atoms with E-state index in [0.717, 1.165) is 12.5 Å². The molecule has 1 unspecified atom stereocenters. The number of thiophene rings is 1. The van der Waals surface area contributed by atoms with Gasteiger partial charge in [0.05, 0.1) is 6.04 Å². The molecule has 2 heterocycles. The molecule has 0 spiro atoms. The van der Waals surface area contributed by atoms with Crippen LogP contribution in [0, 0.1) is 5.92 Å². The van der Waals surface area contributed by atoms with Crippen molar-refractivity contribution < 1.29 is 0 Å². The number of aromatic nitrogens is 1. The van der Waals surface area contributed by atoms with E-state index in [4.69, 9.17) is 0 Å². The third-order valence-electron chi connectivity index (χ3n) is 2.92. The topological polar surface area (TPSA) is 24.9 Å². The molecule has 3 rings (SSSR count). The van der Waals surface area contributed by atoms with Crippen LogP contribution in [0.1, 0.15) is 29.5 Å². The van der Waals surface area contributed by atoms with Crippen LogP contribution in [0.2, 0.25) is 0 Å². The molecule has 2 nitrogen and oxygen atoms in total. The molecule has 0 aliphatic heterocycles. The van der Waals surface area contributed by atoms with E-state index in [2.05, 4.69) is 32.5 Å². The molecule has 1 atom stereocenters. The number of thiazole rings is 1. The van der Waals surface area contributed by atoms with Crippen LogP contribution in [-0.2, 0) is 6.54 Å². The molecule has 1 aliphatic rings. The maximum atomic E-state index is 4.44. The summed E-state index contributed by atoms with van der Waals surface area (Å²) in [6.45, 7) is 0.963. The van der Waals surface area contributed by atoms with Crippen LogP contribution in [0.3, 0.4) is 0 Å². The lowest BCUT2D eigenvalue weighted by atomic mass is 10.2. The molecule has 1 fully saturated rings. The molecule has 1 saturated carbocycles. The average Bonchev–Trinajstić information content (AvgIpc) is 2.83. The number of hydrogen-bond donors (Lipinski definition) is 1. The summed E-state index contributed by atoms with van der Waals surface area (Å²) in [5.41, 5.74) is 1.38. The van der Waals surface area contributed by atoms with E-state index in [-0.39, 0.29) is 0 Å². The monoisotopic (exact) mass is 250 g/mol. The Kier molecular flexibility index (Phi) is 3.04. The van der Waals surface area contributed by atoms with Crippen LogP contribution in [0.5, 0.6) is 0 Å². The van der Waals surface area contributed by atoms with Crippen molar-refractivity contribution in [1.82, 2.24) is 10.3 Å². The lowest BCUT2D eigenvalue weighted by Crippen LogP contribution is -2.22. The van der Waals surface area contributed by atoms with Gasteiger partial charge in [0.1, 0.15) is 5.01 Å². The largest absolute Gasteiger partial charge is 0.304 e. The standard InChI is InChI=1S/C12H14N2S2/c1-2-10(1)11(12-13-4-6-16-12)14-7-9-3-5-15-8-9/h3-6,8,10-11,14H,1-2,7H2. The van der Waals surface area contributed by atoms with Gasteiger partial charge in [-0.05, 0) is 41.1 Å². The van der Waals surface area contributed by atoms with Gasteiger partial charge in [-0.1, -0.05) is 0 Å². The first-order chi connectivity index (χ1) is 7.93. The Morgan fingerprint density at radius 3 is 3.00 bits per heavy atom. The number of hydrogen-bond acceptors (Lipinski definition) is 4. The predicted molar refractivity (Wildman–Crippen MR) is 68.7 cm³/mol. The SMILES string of the molecule is c1csc(C(NCc2ccsc2)C2CC2)n1. The summed E-state index contributed by atoms with van der Waals surface area (Å²) in [5.74, 6) is 0.810. The Morgan fingerprint density at radius 2 is 2.38 bits per heavy atom. The summed E-state index contributed by atoms with van der Waals surface area (Å²) in [6.07, 6.45) is 4.60. The quantitative estimate of drug-likeness (QED) is 0.879. The van der Waals surface area contributed by atoms with Crippen LogP contribution in [0.15, 0.2) is 28.4 Å². The molecule has 2 aromatic rings. The minimum Gasteiger partial charge on any atom is -0.304 e. The van der Waals surface area contributed by atoms with Gasteiger partial charge in [-0.3, -0.25) is 0 Å². The zero-order chi connectivity index (χ0) is 10.8. The van der Waals surface area contributed by atoms with Crippen molar-refractivity contribution in [3.63, 3.8) is 0 Å². The molecule has 1 N–H and O–H groups in total. The van der Waals surface area contributed by atoms with Crippen LogP contribution >= 0.6 is 22.7 Å². The summed E-state index contributed by atoms with van der Waals surface area (Å²) < 4.78 is 0. The van der Waals surface area contributed by atoms with Crippen LogP contribution < -0.4 is 5.32 Å². The molecular weight excluding hydrogens is 236 g/mol. The van der Waals surface area contributed by atoms with Crippen molar-refractivity contribution in [3.05, 3.63) is 39.0 Å². The molecule has 84 valence electrons. The molecular formula is C12H14N2S2. The predicted octanol–water partition coefficient (Wildman–Crippen LogP) is 3.45. The molecule has 0 amide bonds. The number of nitrogens with one attached hydrogen (secondary N) is 1. The first-order valence-corrected chi connectivity index (χ1v) is 7.39. The van der Waals surface area contributed by atoms with Gasteiger partial charge in [0, 0.05) is 18.1 Å². The second kappa shape index (κ2) is 4.65. The van der Waals surface area contributed by atoms with Gasteiger partial charge >= 0.3 is 0 Å². The molecule has 0 saturated heterocycles. The van der Waals surface area contributed by atoms with Gasteiger partial charge in [-0.25, -0.2) is 4.98 Å². The summed E-state index contributed by atoms with van der Waals surface area (Å²) in [6, 6.07) is 2.66. The third-order valence-corrected chi connectivity index (χ3v) is 4.51. The van der Waals surface area contributed by atoms with Crippen LogP contribution in [0.25, 0.3) is 0 Å². The van der Waals surface area contributed by atoms with E-state index in [1.165, 1.54) is 23.4 Å². The Hall–Kier alpha value is -0.710. The van der Waals surface area contributed by atoms with E-state index >= 15 is 0 Å². The lowest BCUT2D eigenvalue weighted by Gasteiger charge is -2.15. The van der Waals surface area contributed by atoms with Crippen LogP contribution in [-0.4, -0.2) is 4.98 Å². The van der Waals surface area contributed by atoms with E-state index in [1.54, 1.807) is 22.7 Å². The van der Waals surface area contributed by atoms with E-state index in [0.29, 0.717) is 6.04 Å². The highest BCUT2D eigenvalue weighted by atomic mass is 32.1. The summed E-state index contributed by atoms with van der Waals surface area (Å²) in [5, 5.41) is 11.3. The Bertz CT molecular complexity index is 418. The Labute approximate surface area is 103 Å². The smallest absolute Gasteiger partial charge is 0.110 e. The summed E-state index contributed by atoms with van der Waals surface area (Å²) in [7, 11) is 0. The molecule has 2 aromatic heterocycles. The highest BCUT2D eigenvalue weighted by molar-refractivity contribution is 7.09. The maximum absolute atomic E-state index is 4.44. The Morgan fingerprint density at radius 1 is 1.44 bits per heavy atom. The van der Waals surface area contributed by atoms with Crippen molar-refractivity contribution >= 4 is 22.7 Å². The number of nitrogens with zero attached hydrogens (tertiary/aromatic N) is 1. The van der Waals surface area contributed by atoms with Crippen molar-refractivity contribution in [1.29, 1.82) is 0 Å². The Balaban J connectivity index is 1.66. The minimum absolute atomic E-state index is 0.472. The first-order valence-electron chi connectivity index (χ1n) is 5.57. The van der Waals surface area contributed by atoms with Gasteiger partial charge in [-0.2, -0.15) is 11.3 Å². The average molecular weight is 250 g/mol. The zero-order valence-corrected chi connectivity index (χ0v) is 10.6. The highest BCUT2D eigenvalue weighted by Gasteiger charge is 2.33. The molecule has 0 bridgehead atoms. The van der Waals surface area contributed by atoms with Gasteiger partial charge in [0.2, 0.25) is 0 Å². The second-order valence-electron chi connectivity index (χ2n) is 4.20. The summed E-state index contributed by atoms with van der Waals surface area (Å²) in [4.78, 5) is 4.44. The van der Waals surface area contributed by atoms with Gasteiger partial charge in [0.15, 0.2) is 0 Å². The highest BCUT2D eigenvalue weighted by Crippen LogP contribution is 2.41. The van der Waals surface area contributed by atoms with Crippen LogP contribution in [0.4, 0.5) is 0 Å². The fourth-order valence-corrected chi connectivity index (χ4v) is 3.37. The van der Waals surface area contributed by atoms with Gasteiger partial charge < -0.3 is 5.32 Å². The lowest BCUT2D eigenvalue weighted by molar-refractivity contribution is 0.479. The van der Waals surface area contributed by atoms with Crippen molar-refractivity contribution in [2.75, 3.05) is 0 Å².